The molecule has 28 heavy (non-hydrogen) atoms. The van der Waals surface area contributed by atoms with Gasteiger partial charge >= 0.3 is 0 Å². The Hall–Kier alpha value is -2.85. The summed E-state index contributed by atoms with van der Waals surface area (Å²) in [5.41, 5.74) is 2.21. The van der Waals surface area contributed by atoms with Crippen molar-refractivity contribution in [1.29, 1.82) is 0 Å². The second kappa shape index (κ2) is 8.89. The zero-order chi connectivity index (χ0) is 19.2. The fourth-order valence-electron chi connectivity index (χ4n) is 3.18. The molecule has 1 fully saturated rings. The van der Waals surface area contributed by atoms with Crippen molar-refractivity contribution in [2.45, 2.75) is 19.5 Å². The summed E-state index contributed by atoms with van der Waals surface area (Å²) in [6.07, 6.45) is 2.45. The van der Waals surface area contributed by atoms with Crippen LogP contribution in [0.25, 0.3) is 11.0 Å². The van der Waals surface area contributed by atoms with Crippen molar-refractivity contribution < 1.29 is 9.53 Å². The summed E-state index contributed by atoms with van der Waals surface area (Å²) < 4.78 is 8.91. The van der Waals surface area contributed by atoms with Crippen LogP contribution in [0.5, 0.6) is 0 Å². The van der Waals surface area contributed by atoms with Gasteiger partial charge in [-0.15, -0.1) is 10.2 Å². The number of benzene rings is 1. The lowest BCUT2D eigenvalue weighted by atomic mass is 10.3. The van der Waals surface area contributed by atoms with E-state index in [1.54, 1.807) is 10.9 Å². The number of hydrogen-bond acceptors (Lipinski definition) is 7. The van der Waals surface area contributed by atoms with E-state index in [2.05, 4.69) is 30.8 Å². The number of fused-ring (bicyclic) bond motifs is 1. The van der Waals surface area contributed by atoms with Crippen LogP contribution in [-0.4, -0.2) is 80.2 Å². The third kappa shape index (κ3) is 4.52. The van der Waals surface area contributed by atoms with Gasteiger partial charge in [-0.3, -0.25) is 14.4 Å². The molecule has 0 aliphatic carbocycles. The fourth-order valence-corrected chi connectivity index (χ4v) is 3.18. The smallest absolute Gasteiger partial charge is 0.273 e. The molecule has 1 amide bonds. The van der Waals surface area contributed by atoms with Gasteiger partial charge in [0.25, 0.3) is 5.91 Å². The summed E-state index contributed by atoms with van der Waals surface area (Å²) in [4.78, 5) is 14.6. The number of nitrogens with one attached hydrogen (secondary N) is 1. The molecule has 1 N–H and O–H groups in total. The Bertz CT molecular complexity index is 915. The maximum absolute atomic E-state index is 12.2. The molecule has 1 aromatic carbocycles. The third-order valence-electron chi connectivity index (χ3n) is 4.77. The van der Waals surface area contributed by atoms with E-state index in [1.165, 1.54) is 0 Å². The van der Waals surface area contributed by atoms with E-state index in [1.807, 2.05) is 28.9 Å². The molecular formula is C18H24N8O2. The van der Waals surface area contributed by atoms with Crippen LogP contribution in [0, 0.1) is 0 Å². The first-order valence-corrected chi connectivity index (χ1v) is 9.56. The lowest BCUT2D eigenvalue weighted by molar-refractivity contribution is 0.0359. The molecule has 0 saturated carbocycles. The van der Waals surface area contributed by atoms with E-state index >= 15 is 0 Å². The number of amides is 1. The highest BCUT2D eigenvalue weighted by Gasteiger charge is 2.13. The van der Waals surface area contributed by atoms with Crippen LogP contribution in [-0.2, 0) is 17.8 Å². The molecule has 3 heterocycles. The van der Waals surface area contributed by atoms with Crippen LogP contribution >= 0.6 is 0 Å². The molecule has 148 valence electrons. The van der Waals surface area contributed by atoms with E-state index in [-0.39, 0.29) is 5.91 Å². The number of para-hydroxylation sites is 1. The van der Waals surface area contributed by atoms with Crippen molar-refractivity contribution in [3.05, 3.63) is 36.2 Å². The van der Waals surface area contributed by atoms with Gasteiger partial charge in [0, 0.05) is 32.7 Å². The van der Waals surface area contributed by atoms with Crippen LogP contribution in [0.1, 0.15) is 16.9 Å². The number of rotatable bonds is 8. The molecule has 3 aromatic rings. The molecule has 1 aliphatic heterocycles. The minimum Gasteiger partial charge on any atom is -0.379 e. The molecule has 0 radical (unpaired) electrons. The van der Waals surface area contributed by atoms with Crippen molar-refractivity contribution in [3.8, 4) is 0 Å². The van der Waals surface area contributed by atoms with Gasteiger partial charge < -0.3 is 10.1 Å². The van der Waals surface area contributed by atoms with E-state index in [0.717, 1.165) is 50.3 Å². The highest BCUT2D eigenvalue weighted by atomic mass is 16.5. The van der Waals surface area contributed by atoms with Crippen LogP contribution in [0.3, 0.4) is 0 Å². The average molecular weight is 384 g/mol. The Morgan fingerprint density at radius 3 is 2.82 bits per heavy atom. The molecule has 0 atom stereocenters. The number of carbonyl (C=O) groups excluding carboxylic acids is 1. The standard InChI is InChI=1S/C18H24N8O2/c27-18(16-14-25(22-21-16)9-8-24-10-12-28-13-11-24)19-6-3-7-26-17-5-2-1-4-15(17)20-23-26/h1-2,4-5,14H,3,6-13H2,(H,19,27). The van der Waals surface area contributed by atoms with Gasteiger partial charge in [-0.2, -0.15) is 0 Å². The van der Waals surface area contributed by atoms with Crippen molar-refractivity contribution in [1.82, 2.24) is 40.2 Å². The monoisotopic (exact) mass is 384 g/mol. The van der Waals surface area contributed by atoms with E-state index in [4.69, 9.17) is 4.74 Å². The molecule has 0 unspecified atom stereocenters. The number of aryl methyl sites for hydroxylation is 1. The first kappa shape index (κ1) is 18.5. The lowest BCUT2D eigenvalue weighted by Gasteiger charge is -2.26. The molecule has 0 bridgehead atoms. The van der Waals surface area contributed by atoms with Crippen molar-refractivity contribution >= 4 is 16.9 Å². The minimum atomic E-state index is -0.207. The minimum absolute atomic E-state index is 0.207. The van der Waals surface area contributed by atoms with Crippen LogP contribution in [0.4, 0.5) is 0 Å². The van der Waals surface area contributed by atoms with E-state index in [0.29, 0.717) is 25.3 Å². The number of ether oxygens (including phenoxy) is 1. The summed E-state index contributed by atoms with van der Waals surface area (Å²) in [5.74, 6) is -0.207. The molecular weight excluding hydrogens is 360 g/mol. The lowest BCUT2D eigenvalue weighted by Crippen LogP contribution is -2.38. The summed E-state index contributed by atoms with van der Waals surface area (Å²) in [6.45, 7) is 6.22. The topological polar surface area (TPSA) is 103 Å². The Kier molecular flexibility index (Phi) is 5.88. The van der Waals surface area contributed by atoms with Gasteiger partial charge in [0.15, 0.2) is 5.69 Å². The first-order valence-electron chi connectivity index (χ1n) is 9.56. The molecule has 10 heteroatoms. The Balaban J connectivity index is 1.20. The van der Waals surface area contributed by atoms with Crippen LogP contribution in [0.15, 0.2) is 30.5 Å². The zero-order valence-corrected chi connectivity index (χ0v) is 15.7. The molecule has 10 nitrogen and oxygen atoms in total. The molecule has 1 aliphatic rings. The fraction of sp³-hybridized carbons (Fsp3) is 0.500. The molecule has 0 spiro atoms. The normalized spacial score (nSPS) is 15.1. The Morgan fingerprint density at radius 1 is 1.07 bits per heavy atom. The summed E-state index contributed by atoms with van der Waals surface area (Å²) in [6, 6.07) is 7.83. The SMILES string of the molecule is O=C(NCCCn1nnc2ccccc21)c1cn(CCN2CCOCC2)nn1. The van der Waals surface area contributed by atoms with Crippen LogP contribution in [0.2, 0.25) is 0 Å². The number of morpholine rings is 1. The number of hydrogen-bond donors (Lipinski definition) is 1. The third-order valence-corrected chi connectivity index (χ3v) is 4.77. The largest absolute Gasteiger partial charge is 0.379 e. The van der Waals surface area contributed by atoms with Gasteiger partial charge in [-0.1, -0.05) is 22.6 Å². The number of aromatic nitrogens is 6. The maximum atomic E-state index is 12.2. The first-order chi connectivity index (χ1) is 13.8. The molecule has 2 aromatic heterocycles. The van der Waals surface area contributed by atoms with Gasteiger partial charge in [0.2, 0.25) is 0 Å². The Labute approximate surface area is 162 Å². The molecule has 4 rings (SSSR count). The summed E-state index contributed by atoms with van der Waals surface area (Å²) in [5, 5.41) is 19.2. The predicted octanol–water partition coefficient (Wildman–Crippen LogP) is 0.175. The van der Waals surface area contributed by atoms with Crippen molar-refractivity contribution in [2.75, 3.05) is 39.4 Å². The summed E-state index contributed by atoms with van der Waals surface area (Å²) >= 11 is 0. The van der Waals surface area contributed by atoms with Gasteiger partial charge in [0.05, 0.1) is 31.5 Å². The number of carbonyl (C=O) groups is 1. The van der Waals surface area contributed by atoms with Crippen LogP contribution < -0.4 is 5.32 Å². The number of nitrogens with zero attached hydrogens (tertiary/aromatic N) is 7. The second-order valence-electron chi connectivity index (χ2n) is 6.73. The zero-order valence-electron chi connectivity index (χ0n) is 15.7. The Morgan fingerprint density at radius 2 is 1.93 bits per heavy atom. The molecule has 1 saturated heterocycles. The van der Waals surface area contributed by atoms with E-state index in [9.17, 15) is 4.79 Å². The quantitative estimate of drug-likeness (QED) is 0.553. The van der Waals surface area contributed by atoms with Crippen molar-refractivity contribution in [3.63, 3.8) is 0 Å². The highest BCUT2D eigenvalue weighted by Crippen LogP contribution is 2.09. The average Bonchev–Trinajstić information content (AvgIpc) is 3.38. The van der Waals surface area contributed by atoms with Gasteiger partial charge in [-0.25, -0.2) is 4.68 Å². The summed E-state index contributed by atoms with van der Waals surface area (Å²) in [7, 11) is 0. The highest BCUT2D eigenvalue weighted by molar-refractivity contribution is 5.91. The maximum Gasteiger partial charge on any atom is 0.273 e. The van der Waals surface area contributed by atoms with Gasteiger partial charge in [-0.05, 0) is 18.6 Å². The second-order valence-corrected chi connectivity index (χ2v) is 6.73. The predicted molar refractivity (Wildman–Crippen MR) is 102 cm³/mol. The van der Waals surface area contributed by atoms with E-state index < -0.39 is 0 Å². The van der Waals surface area contributed by atoms with Gasteiger partial charge in [0.1, 0.15) is 5.52 Å². The van der Waals surface area contributed by atoms with Crippen molar-refractivity contribution in [2.24, 2.45) is 0 Å².